The topological polar surface area (TPSA) is 24.7 Å². The number of aryl methyl sites for hydroxylation is 2. The molecule has 2 nitrogen and oxygen atoms in total. The normalized spacial score (nSPS) is 11.9. The number of rotatable bonds is 12. The Balaban J connectivity index is 1.75. The maximum absolute atomic E-state index is 4.18. The van der Waals surface area contributed by atoms with E-state index < -0.39 is 0 Å². The van der Waals surface area contributed by atoms with Crippen LogP contribution in [0.15, 0.2) is 70.9 Å². The number of hydrogen-bond donors (Lipinski definition) is 0. The van der Waals surface area contributed by atoms with E-state index in [-0.39, 0.29) is 0 Å². The Bertz CT molecular complexity index is 737. The molecule has 0 amide bonds. The third-order valence-electron chi connectivity index (χ3n) is 4.84. The standard InChI is InChI=1S/C26H34N2/c1-3-5-7-8-10-12-24-15-19-26(20-16-24)22-28-27-21-25-17-13-23(14-18-25)11-9-6-4-2/h4,6,13-22H,3,5,7-12H2,1-2H3/b6-4+,27-21?,28-22?. The van der Waals surface area contributed by atoms with Crippen LogP contribution in [0, 0.1) is 0 Å². The molecule has 0 saturated heterocycles. The molecule has 0 radical (unpaired) electrons. The quantitative estimate of drug-likeness (QED) is 0.163. The molecule has 0 aliphatic heterocycles. The Morgan fingerprint density at radius 3 is 1.75 bits per heavy atom. The minimum Gasteiger partial charge on any atom is -0.159 e. The van der Waals surface area contributed by atoms with Crippen LogP contribution in [0.1, 0.15) is 74.6 Å². The highest BCUT2D eigenvalue weighted by Gasteiger charge is 1.95. The number of unbranched alkanes of at least 4 members (excludes halogenated alkanes) is 4. The van der Waals surface area contributed by atoms with Crippen LogP contribution >= 0.6 is 0 Å². The molecule has 2 heteroatoms. The van der Waals surface area contributed by atoms with Gasteiger partial charge in [-0.05, 0) is 54.9 Å². The molecule has 0 aliphatic rings. The molecule has 0 saturated carbocycles. The Labute approximate surface area is 171 Å². The van der Waals surface area contributed by atoms with Gasteiger partial charge in [-0.25, -0.2) is 0 Å². The fraction of sp³-hybridized carbons (Fsp3) is 0.385. The molecule has 0 N–H and O–H groups in total. The molecule has 2 aromatic carbocycles. The summed E-state index contributed by atoms with van der Waals surface area (Å²) in [5.74, 6) is 0. The largest absolute Gasteiger partial charge is 0.159 e. The van der Waals surface area contributed by atoms with Crippen molar-refractivity contribution < 1.29 is 0 Å². The highest BCUT2D eigenvalue weighted by molar-refractivity contribution is 5.82. The third kappa shape index (κ3) is 8.94. The monoisotopic (exact) mass is 374 g/mol. The van der Waals surface area contributed by atoms with Crippen LogP contribution in [-0.4, -0.2) is 12.4 Å². The summed E-state index contributed by atoms with van der Waals surface area (Å²) in [7, 11) is 0. The molecule has 148 valence electrons. The van der Waals surface area contributed by atoms with E-state index in [1.54, 1.807) is 6.21 Å². The van der Waals surface area contributed by atoms with Gasteiger partial charge in [-0.3, -0.25) is 0 Å². The van der Waals surface area contributed by atoms with Crippen molar-refractivity contribution in [3.8, 4) is 0 Å². The molecule has 0 fully saturated rings. The van der Waals surface area contributed by atoms with E-state index in [2.05, 4.69) is 84.7 Å². The Morgan fingerprint density at radius 2 is 1.21 bits per heavy atom. The van der Waals surface area contributed by atoms with Crippen molar-refractivity contribution in [1.29, 1.82) is 0 Å². The predicted octanol–water partition coefficient (Wildman–Crippen LogP) is 7.16. The third-order valence-corrected chi connectivity index (χ3v) is 4.84. The van der Waals surface area contributed by atoms with E-state index in [4.69, 9.17) is 0 Å². The average molecular weight is 375 g/mol. The van der Waals surface area contributed by atoms with Gasteiger partial charge in [0, 0.05) is 0 Å². The number of hydrogen-bond acceptors (Lipinski definition) is 2. The Hall–Kier alpha value is -2.48. The van der Waals surface area contributed by atoms with Crippen molar-refractivity contribution in [3.63, 3.8) is 0 Å². The Kier molecular flexibility index (Phi) is 10.6. The lowest BCUT2D eigenvalue weighted by Gasteiger charge is -2.02. The minimum absolute atomic E-state index is 1.07. The van der Waals surface area contributed by atoms with E-state index in [1.165, 1.54) is 49.7 Å². The summed E-state index contributed by atoms with van der Waals surface area (Å²) in [6.07, 6.45) is 17.9. The van der Waals surface area contributed by atoms with Crippen LogP contribution in [0.4, 0.5) is 0 Å². The Morgan fingerprint density at radius 1 is 0.679 bits per heavy atom. The molecular weight excluding hydrogens is 340 g/mol. The van der Waals surface area contributed by atoms with Gasteiger partial charge in [0.2, 0.25) is 0 Å². The number of benzene rings is 2. The van der Waals surface area contributed by atoms with Gasteiger partial charge in [0.15, 0.2) is 0 Å². The van der Waals surface area contributed by atoms with Crippen molar-refractivity contribution in [2.75, 3.05) is 0 Å². The van der Waals surface area contributed by atoms with Gasteiger partial charge in [-0.1, -0.05) is 93.3 Å². The second-order valence-corrected chi connectivity index (χ2v) is 7.24. The van der Waals surface area contributed by atoms with Gasteiger partial charge in [0.05, 0.1) is 12.4 Å². The van der Waals surface area contributed by atoms with Crippen LogP contribution in [-0.2, 0) is 12.8 Å². The molecule has 0 spiro atoms. The summed E-state index contributed by atoms with van der Waals surface area (Å²) < 4.78 is 0. The molecule has 28 heavy (non-hydrogen) atoms. The van der Waals surface area contributed by atoms with E-state index in [1.807, 2.05) is 6.21 Å². The van der Waals surface area contributed by atoms with Gasteiger partial charge in [0.25, 0.3) is 0 Å². The van der Waals surface area contributed by atoms with Crippen molar-refractivity contribution in [1.82, 2.24) is 0 Å². The van der Waals surface area contributed by atoms with Gasteiger partial charge in [-0.2, -0.15) is 10.2 Å². The van der Waals surface area contributed by atoms with Gasteiger partial charge >= 0.3 is 0 Å². The van der Waals surface area contributed by atoms with Crippen molar-refractivity contribution in [2.24, 2.45) is 10.2 Å². The van der Waals surface area contributed by atoms with Gasteiger partial charge < -0.3 is 0 Å². The van der Waals surface area contributed by atoms with E-state index >= 15 is 0 Å². The molecular formula is C26H34N2. The lowest BCUT2D eigenvalue weighted by molar-refractivity contribution is 0.632. The van der Waals surface area contributed by atoms with Gasteiger partial charge in [-0.15, -0.1) is 0 Å². The predicted molar refractivity (Wildman–Crippen MR) is 124 cm³/mol. The van der Waals surface area contributed by atoms with Crippen LogP contribution in [0.25, 0.3) is 0 Å². The van der Waals surface area contributed by atoms with Crippen LogP contribution < -0.4 is 0 Å². The summed E-state index contributed by atoms with van der Waals surface area (Å²) >= 11 is 0. The number of nitrogens with zero attached hydrogens (tertiary/aromatic N) is 2. The zero-order valence-electron chi connectivity index (χ0n) is 17.5. The fourth-order valence-electron chi connectivity index (χ4n) is 3.09. The first-order chi connectivity index (χ1) is 13.8. The second-order valence-electron chi connectivity index (χ2n) is 7.24. The average Bonchev–Trinajstić information content (AvgIpc) is 2.73. The van der Waals surface area contributed by atoms with Gasteiger partial charge in [0.1, 0.15) is 0 Å². The van der Waals surface area contributed by atoms with Crippen LogP contribution in [0.2, 0.25) is 0 Å². The molecule has 0 bridgehead atoms. The lowest BCUT2D eigenvalue weighted by atomic mass is 10.0. The van der Waals surface area contributed by atoms with E-state index in [0.29, 0.717) is 0 Å². The first-order valence-electron chi connectivity index (χ1n) is 10.7. The van der Waals surface area contributed by atoms with Crippen molar-refractivity contribution >= 4 is 12.4 Å². The molecule has 0 atom stereocenters. The fourth-order valence-corrected chi connectivity index (χ4v) is 3.09. The number of allylic oxidation sites excluding steroid dienone is 2. The molecule has 2 aromatic rings. The molecule has 2 rings (SSSR count). The summed E-state index contributed by atoms with van der Waals surface area (Å²) in [6.45, 7) is 4.32. The van der Waals surface area contributed by atoms with E-state index in [0.717, 1.165) is 24.0 Å². The smallest absolute Gasteiger partial charge is 0.0568 e. The van der Waals surface area contributed by atoms with Crippen LogP contribution in [0.5, 0.6) is 0 Å². The highest BCUT2D eigenvalue weighted by atomic mass is 15.2. The zero-order valence-corrected chi connectivity index (χ0v) is 17.5. The lowest BCUT2D eigenvalue weighted by Crippen LogP contribution is -1.88. The first kappa shape index (κ1) is 21.8. The van der Waals surface area contributed by atoms with E-state index in [9.17, 15) is 0 Å². The minimum atomic E-state index is 1.07. The molecule has 0 heterocycles. The highest BCUT2D eigenvalue weighted by Crippen LogP contribution is 2.10. The summed E-state index contributed by atoms with van der Waals surface area (Å²) in [4.78, 5) is 0. The SMILES string of the molecule is C/C=C/CCc1ccc(C=NN=Cc2ccc(CCCCCCC)cc2)cc1. The summed E-state index contributed by atoms with van der Waals surface area (Å²) in [6, 6.07) is 17.2. The first-order valence-corrected chi connectivity index (χ1v) is 10.7. The van der Waals surface area contributed by atoms with Crippen molar-refractivity contribution in [3.05, 3.63) is 82.9 Å². The molecule has 0 aromatic heterocycles. The maximum atomic E-state index is 4.18. The molecule has 0 aliphatic carbocycles. The second kappa shape index (κ2) is 13.7. The van der Waals surface area contributed by atoms with Crippen molar-refractivity contribution in [2.45, 2.75) is 65.2 Å². The summed E-state index contributed by atoms with van der Waals surface area (Å²) in [5.41, 5.74) is 4.92. The summed E-state index contributed by atoms with van der Waals surface area (Å²) in [5, 5.41) is 8.36. The maximum Gasteiger partial charge on any atom is 0.0568 e. The molecule has 0 unspecified atom stereocenters. The zero-order chi connectivity index (χ0) is 19.9. The van der Waals surface area contributed by atoms with Crippen LogP contribution in [0.3, 0.4) is 0 Å².